The number of ether oxygens (including phenoxy) is 1. The standard InChI is InChI=1S/C17H34B2O6Si/c1-6-8-10-18-22-13(12-20-26(3,4)5)14-15(23-18)16-17(21-14)25-19(24-16)11-9-7-2/h13-17H,6-12H2,1-5H3/t13-,14-,15+,16-,17-/m1/s1. The lowest BCUT2D eigenvalue weighted by Gasteiger charge is -2.39. The van der Waals surface area contributed by atoms with Crippen molar-refractivity contribution in [2.75, 3.05) is 6.61 Å². The number of unbranched alkanes of at least 4 members (excludes halogenated alkanes) is 2. The summed E-state index contributed by atoms with van der Waals surface area (Å²) in [5, 5.41) is 0. The molecule has 0 N–H and O–H groups in total. The highest BCUT2D eigenvalue weighted by molar-refractivity contribution is 6.69. The van der Waals surface area contributed by atoms with E-state index in [1.165, 1.54) is 0 Å². The molecule has 0 unspecified atom stereocenters. The molecule has 5 atom stereocenters. The Morgan fingerprint density at radius 1 is 0.808 bits per heavy atom. The molecule has 3 fully saturated rings. The summed E-state index contributed by atoms with van der Waals surface area (Å²) in [5.74, 6) is 0. The molecule has 0 spiro atoms. The zero-order chi connectivity index (χ0) is 18.7. The van der Waals surface area contributed by atoms with Crippen LogP contribution in [-0.4, -0.2) is 59.9 Å². The minimum absolute atomic E-state index is 0.130. The van der Waals surface area contributed by atoms with Gasteiger partial charge in [-0.25, -0.2) is 0 Å². The largest absolute Gasteiger partial charge is 0.459 e. The summed E-state index contributed by atoms with van der Waals surface area (Å²) in [4.78, 5) is 0. The zero-order valence-electron chi connectivity index (χ0n) is 16.9. The number of hydrogen-bond donors (Lipinski definition) is 0. The predicted octanol–water partition coefficient (Wildman–Crippen LogP) is 3.34. The molecule has 0 amide bonds. The van der Waals surface area contributed by atoms with Gasteiger partial charge in [-0.05, 0) is 32.3 Å². The first-order valence-corrected chi connectivity index (χ1v) is 13.7. The van der Waals surface area contributed by atoms with Crippen LogP contribution in [0.1, 0.15) is 39.5 Å². The van der Waals surface area contributed by atoms with Crippen molar-refractivity contribution in [3.8, 4) is 0 Å². The summed E-state index contributed by atoms with van der Waals surface area (Å²) in [6.45, 7) is 11.5. The molecule has 0 aromatic carbocycles. The second-order valence-corrected chi connectivity index (χ2v) is 13.1. The molecule has 0 radical (unpaired) electrons. The van der Waals surface area contributed by atoms with Crippen LogP contribution in [0.2, 0.25) is 32.3 Å². The lowest BCUT2D eigenvalue weighted by atomic mass is 9.78. The van der Waals surface area contributed by atoms with Gasteiger partial charge in [0.05, 0.1) is 12.7 Å². The van der Waals surface area contributed by atoms with Crippen molar-refractivity contribution in [1.82, 2.24) is 0 Å². The van der Waals surface area contributed by atoms with E-state index in [0.717, 1.165) is 38.3 Å². The van der Waals surface area contributed by atoms with E-state index >= 15 is 0 Å². The van der Waals surface area contributed by atoms with Crippen molar-refractivity contribution in [3.63, 3.8) is 0 Å². The molecule has 3 aliphatic heterocycles. The van der Waals surface area contributed by atoms with Gasteiger partial charge in [-0.15, -0.1) is 0 Å². The average molecular weight is 384 g/mol. The molecule has 0 aromatic heterocycles. The fraction of sp³-hybridized carbons (Fsp3) is 1.00. The van der Waals surface area contributed by atoms with Gasteiger partial charge in [-0.3, -0.25) is 0 Å². The van der Waals surface area contributed by atoms with E-state index in [0.29, 0.717) is 6.61 Å². The second kappa shape index (κ2) is 9.07. The molecule has 0 bridgehead atoms. The topological polar surface area (TPSA) is 55.4 Å². The van der Waals surface area contributed by atoms with Crippen LogP contribution in [0.15, 0.2) is 0 Å². The van der Waals surface area contributed by atoms with Crippen LogP contribution in [0.5, 0.6) is 0 Å². The van der Waals surface area contributed by atoms with Gasteiger partial charge in [-0.1, -0.05) is 39.5 Å². The van der Waals surface area contributed by atoms with Crippen LogP contribution >= 0.6 is 0 Å². The van der Waals surface area contributed by atoms with Crippen LogP contribution in [0.25, 0.3) is 0 Å². The molecule has 26 heavy (non-hydrogen) atoms. The molecule has 3 heterocycles. The van der Waals surface area contributed by atoms with Crippen LogP contribution in [-0.2, 0) is 27.8 Å². The average Bonchev–Trinajstić information content (AvgIpc) is 3.13. The molecular formula is C17H34B2O6Si. The lowest BCUT2D eigenvalue weighted by molar-refractivity contribution is -0.138. The Labute approximate surface area is 160 Å². The normalized spacial score (nSPS) is 34.3. The highest BCUT2D eigenvalue weighted by Crippen LogP contribution is 2.39. The molecule has 6 nitrogen and oxygen atoms in total. The van der Waals surface area contributed by atoms with Gasteiger partial charge >= 0.3 is 14.2 Å². The Kier molecular flexibility index (Phi) is 7.27. The third-order valence-corrected chi connectivity index (χ3v) is 6.10. The van der Waals surface area contributed by atoms with E-state index in [-0.39, 0.29) is 44.9 Å². The van der Waals surface area contributed by atoms with Gasteiger partial charge in [0.2, 0.25) is 0 Å². The second-order valence-electron chi connectivity index (χ2n) is 8.55. The van der Waals surface area contributed by atoms with E-state index in [9.17, 15) is 0 Å². The van der Waals surface area contributed by atoms with E-state index in [1.807, 2.05) is 0 Å². The smallest absolute Gasteiger partial charge is 0.415 e. The van der Waals surface area contributed by atoms with E-state index < -0.39 is 8.32 Å². The van der Waals surface area contributed by atoms with Crippen molar-refractivity contribution in [2.24, 2.45) is 0 Å². The molecular weight excluding hydrogens is 350 g/mol. The summed E-state index contributed by atoms with van der Waals surface area (Å²) in [5.41, 5.74) is 0. The number of rotatable bonds is 9. The summed E-state index contributed by atoms with van der Waals surface area (Å²) in [6.07, 6.45) is 5.24. The zero-order valence-corrected chi connectivity index (χ0v) is 17.9. The SMILES string of the molecule is CCCCB1O[C@H]2O[C@H]3[C@H](OB(CCCC)O[C@@H]3CO[Si](C)(C)C)[C@H]2O1. The van der Waals surface area contributed by atoms with Crippen molar-refractivity contribution in [1.29, 1.82) is 0 Å². The Morgan fingerprint density at radius 2 is 1.42 bits per heavy atom. The van der Waals surface area contributed by atoms with Crippen molar-refractivity contribution >= 4 is 22.6 Å². The van der Waals surface area contributed by atoms with Gasteiger partial charge < -0.3 is 27.8 Å². The van der Waals surface area contributed by atoms with Crippen LogP contribution in [0.4, 0.5) is 0 Å². The Hall–Kier alpha value is 0.107. The van der Waals surface area contributed by atoms with Crippen molar-refractivity contribution < 1.29 is 27.8 Å². The van der Waals surface area contributed by atoms with Crippen LogP contribution < -0.4 is 0 Å². The summed E-state index contributed by atoms with van der Waals surface area (Å²) in [7, 11) is -2.02. The van der Waals surface area contributed by atoms with Crippen LogP contribution in [0.3, 0.4) is 0 Å². The first kappa shape index (κ1) is 20.8. The lowest BCUT2D eigenvalue weighted by Crippen LogP contribution is -2.55. The Morgan fingerprint density at radius 3 is 2.04 bits per heavy atom. The molecule has 0 aromatic rings. The van der Waals surface area contributed by atoms with Gasteiger partial charge in [0.25, 0.3) is 0 Å². The molecule has 3 aliphatic rings. The van der Waals surface area contributed by atoms with Gasteiger partial charge in [0, 0.05) is 0 Å². The maximum absolute atomic E-state index is 6.24. The molecule has 0 aliphatic carbocycles. The van der Waals surface area contributed by atoms with Gasteiger partial charge in [0.15, 0.2) is 14.6 Å². The van der Waals surface area contributed by atoms with Crippen molar-refractivity contribution in [2.45, 2.75) is 103 Å². The molecule has 0 saturated carbocycles. The summed E-state index contributed by atoms with van der Waals surface area (Å²) in [6, 6.07) is 0. The molecule has 148 valence electrons. The third-order valence-electron chi connectivity index (χ3n) is 5.07. The maximum atomic E-state index is 6.24. The van der Waals surface area contributed by atoms with Gasteiger partial charge in [0.1, 0.15) is 18.3 Å². The monoisotopic (exact) mass is 384 g/mol. The van der Waals surface area contributed by atoms with E-state index in [2.05, 4.69) is 33.5 Å². The van der Waals surface area contributed by atoms with E-state index in [1.54, 1.807) is 0 Å². The van der Waals surface area contributed by atoms with Crippen molar-refractivity contribution in [3.05, 3.63) is 0 Å². The molecule has 9 heteroatoms. The number of fused-ring (bicyclic) bond motifs is 3. The predicted molar refractivity (Wildman–Crippen MR) is 105 cm³/mol. The Balaban J connectivity index is 1.64. The minimum atomic E-state index is -1.63. The van der Waals surface area contributed by atoms with E-state index in [4.69, 9.17) is 27.8 Å². The highest BCUT2D eigenvalue weighted by Gasteiger charge is 2.59. The highest BCUT2D eigenvalue weighted by atomic mass is 28.4. The Bertz CT molecular complexity index is 451. The first-order chi connectivity index (χ1) is 12.4. The minimum Gasteiger partial charge on any atom is -0.415 e. The van der Waals surface area contributed by atoms with Crippen LogP contribution in [0, 0.1) is 0 Å². The maximum Gasteiger partial charge on any atom is 0.459 e. The molecule has 3 rings (SSSR count). The number of hydrogen-bond acceptors (Lipinski definition) is 6. The summed E-state index contributed by atoms with van der Waals surface area (Å²) >= 11 is 0. The molecule has 3 saturated heterocycles. The van der Waals surface area contributed by atoms with Gasteiger partial charge in [-0.2, -0.15) is 0 Å². The first-order valence-electron chi connectivity index (χ1n) is 10.3. The third kappa shape index (κ3) is 5.13. The fourth-order valence-electron chi connectivity index (χ4n) is 3.67. The quantitative estimate of drug-likeness (QED) is 0.569. The fourth-order valence-corrected chi connectivity index (χ4v) is 4.34. The summed E-state index contributed by atoms with van der Waals surface area (Å²) < 4.78 is 36.9.